The number of benzene rings is 1. The van der Waals surface area contributed by atoms with Crippen LogP contribution in [0.25, 0.3) is 11.4 Å². The molecule has 5 nitrogen and oxygen atoms in total. The number of amides is 1. The molecular formula is C17H23N3O2. The Kier molecular flexibility index (Phi) is 4.96. The molecule has 0 aliphatic rings. The Bertz CT molecular complexity index is 624. The summed E-state index contributed by atoms with van der Waals surface area (Å²) in [5, 5.41) is 6.89. The van der Waals surface area contributed by atoms with Gasteiger partial charge in [0.25, 0.3) is 0 Å². The Morgan fingerprint density at radius 3 is 2.50 bits per heavy atom. The minimum Gasteiger partial charge on any atom is -0.351 e. The van der Waals surface area contributed by atoms with Gasteiger partial charge in [0, 0.05) is 23.9 Å². The Balaban J connectivity index is 1.95. The Hall–Kier alpha value is -2.17. The van der Waals surface area contributed by atoms with E-state index in [1.54, 1.807) is 0 Å². The predicted octanol–water partition coefficient (Wildman–Crippen LogP) is 3.15. The molecule has 0 radical (unpaired) electrons. The number of nitrogens with one attached hydrogen (secondary N) is 1. The fourth-order valence-corrected chi connectivity index (χ4v) is 2.06. The van der Waals surface area contributed by atoms with E-state index in [0.29, 0.717) is 24.6 Å². The van der Waals surface area contributed by atoms with Crippen LogP contribution >= 0.6 is 0 Å². The molecule has 0 fully saturated rings. The Labute approximate surface area is 131 Å². The second kappa shape index (κ2) is 6.73. The molecule has 0 saturated carbocycles. The van der Waals surface area contributed by atoms with Crippen molar-refractivity contribution in [2.45, 2.75) is 52.5 Å². The van der Waals surface area contributed by atoms with E-state index in [9.17, 15) is 4.79 Å². The van der Waals surface area contributed by atoms with Gasteiger partial charge in [0.15, 0.2) is 0 Å². The number of rotatable bonds is 5. The van der Waals surface area contributed by atoms with Crippen molar-refractivity contribution in [1.29, 1.82) is 0 Å². The van der Waals surface area contributed by atoms with Gasteiger partial charge in [0.1, 0.15) is 0 Å². The first-order chi connectivity index (χ1) is 10.4. The maximum atomic E-state index is 11.8. The lowest BCUT2D eigenvalue weighted by molar-refractivity contribution is -0.122. The van der Waals surface area contributed by atoms with Gasteiger partial charge in [-0.25, -0.2) is 0 Å². The van der Waals surface area contributed by atoms with Crippen molar-refractivity contribution in [2.75, 3.05) is 0 Å². The molecule has 0 atom stereocenters. The predicted molar refractivity (Wildman–Crippen MR) is 85.3 cm³/mol. The number of carbonyl (C=O) groups is 1. The van der Waals surface area contributed by atoms with Crippen LogP contribution in [0.5, 0.6) is 0 Å². The van der Waals surface area contributed by atoms with Gasteiger partial charge >= 0.3 is 0 Å². The lowest BCUT2D eigenvalue weighted by atomic mass is 10.1. The molecule has 1 heterocycles. The van der Waals surface area contributed by atoms with Crippen LogP contribution < -0.4 is 5.32 Å². The molecule has 1 N–H and O–H groups in total. The molecule has 0 aliphatic carbocycles. The van der Waals surface area contributed by atoms with Gasteiger partial charge in [0.2, 0.25) is 17.6 Å². The quantitative estimate of drug-likeness (QED) is 0.921. The van der Waals surface area contributed by atoms with Crippen LogP contribution in [0.2, 0.25) is 0 Å². The highest BCUT2D eigenvalue weighted by Gasteiger charge is 2.15. The van der Waals surface area contributed by atoms with E-state index in [0.717, 1.165) is 12.0 Å². The zero-order valence-corrected chi connectivity index (χ0v) is 13.6. The van der Waals surface area contributed by atoms with Crippen LogP contribution in [0, 0.1) is 0 Å². The summed E-state index contributed by atoms with van der Waals surface area (Å²) in [5.74, 6) is 1.03. The molecule has 22 heavy (non-hydrogen) atoms. The Morgan fingerprint density at radius 2 is 1.91 bits per heavy atom. The normalized spacial score (nSPS) is 11.5. The smallest absolute Gasteiger partial charge is 0.227 e. The molecule has 2 aromatic rings. The van der Waals surface area contributed by atoms with Crippen LogP contribution in [-0.4, -0.2) is 21.6 Å². The molecule has 118 valence electrons. The van der Waals surface area contributed by atoms with Gasteiger partial charge in [-0.05, 0) is 32.8 Å². The maximum absolute atomic E-state index is 11.8. The molecule has 1 amide bonds. The fraction of sp³-hybridized carbons (Fsp3) is 0.471. The highest BCUT2D eigenvalue weighted by molar-refractivity contribution is 5.76. The van der Waals surface area contributed by atoms with Gasteiger partial charge in [-0.15, -0.1) is 0 Å². The van der Waals surface area contributed by atoms with Crippen molar-refractivity contribution in [2.24, 2.45) is 0 Å². The van der Waals surface area contributed by atoms with E-state index in [2.05, 4.69) is 34.5 Å². The molecule has 0 aliphatic heterocycles. The van der Waals surface area contributed by atoms with Crippen molar-refractivity contribution in [3.63, 3.8) is 0 Å². The van der Waals surface area contributed by atoms with Crippen molar-refractivity contribution in [3.05, 3.63) is 35.7 Å². The maximum Gasteiger partial charge on any atom is 0.227 e. The molecular weight excluding hydrogens is 278 g/mol. The first-order valence-corrected chi connectivity index (χ1v) is 7.60. The third kappa shape index (κ3) is 4.69. The van der Waals surface area contributed by atoms with Crippen LogP contribution in [0.15, 0.2) is 28.8 Å². The summed E-state index contributed by atoms with van der Waals surface area (Å²) in [7, 11) is 0. The summed E-state index contributed by atoms with van der Waals surface area (Å²) in [6.45, 7) is 7.98. The second-order valence-electron chi connectivity index (χ2n) is 6.36. The molecule has 2 rings (SSSR count). The summed E-state index contributed by atoms with van der Waals surface area (Å²) >= 11 is 0. The van der Waals surface area contributed by atoms with Crippen molar-refractivity contribution >= 4 is 5.91 Å². The highest BCUT2D eigenvalue weighted by Crippen LogP contribution is 2.17. The van der Waals surface area contributed by atoms with Gasteiger partial charge < -0.3 is 9.84 Å². The van der Waals surface area contributed by atoms with Crippen LogP contribution in [0.3, 0.4) is 0 Å². The average Bonchev–Trinajstić information content (AvgIpc) is 2.92. The molecule has 5 heteroatoms. The first kappa shape index (κ1) is 16.2. The van der Waals surface area contributed by atoms with Crippen molar-refractivity contribution in [3.8, 4) is 11.4 Å². The molecule has 1 aromatic heterocycles. The molecule has 0 unspecified atom stereocenters. The van der Waals surface area contributed by atoms with Gasteiger partial charge in [-0.3, -0.25) is 4.79 Å². The molecule has 0 spiro atoms. The van der Waals surface area contributed by atoms with Gasteiger partial charge in [0.05, 0.1) is 0 Å². The number of hydrogen-bond donors (Lipinski definition) is 1. The highest BCUT2D eigenvalue weighted by atomic mass is 16.5. The van der Waals surface area contributed by atoms with E-state index in [-0.39, 0.29) is 11.4 Å². The zero-order chi connectivity index (χ0) is 16.2. The van der Waals surface area contributed by atoms with Crippen LogP contribution in [0.4, 0.5) is 0 Å². The fourth-order valence-electron chi connectivity index (χ4n) is 2.06. The van der Waals surface area contributed by atoms with Gasteiger partial charge in [-0.1, -0.05) is 36.3 Å². The number of hydrogen-bond acceptors (Lipinski definition) is 4. The summed E-state index contributed by atoms with van der Waals surface area (Å²) in [6, 6.07) is 8.09. The second-order valence-corrected chi connectivity index (χ2v) is 6.36. The van der Waals surface area contributed by atoms with Crippen molar-refractivity contribution < 1.29 is 9.32 Å². The minimum absolute atomic E-state index is 0.0143. The number of carbonyl (C=O) groups excluding carboxylic acids is 1. The summed E-state index contributed by atoms with van der Waals surface area (Å²) in [6.07, 6.45) is 1.79. The van der Waals surface area contributed by atoms with Crippen LogP contribution in [-0.2, 0) is 17.6 Å². The van der Waals surface area contributed by atoms with Gasteiger partial charge in [-0.2, -0.15) is 4.98 Å². The zero-order valence-electron chi connectivity index (χ0n) is 13.6. The van der Waals surface area contributed by atoms with E-state index in [1.165, 1.54) is 5.56 Å². The monoisotopic (exact) mass is 301 g/mol. The number of aromatic nitrogens is 2. The van der Waals surface area contributed by atoms with Crippen molar-refractivity contribution in [1.82, 2.24) is 15.5 Å². The van der Waals surface area contributed by atoms with E-state index in [4.69, 9.17) is 4.52 Å². The van der Waals surface area contributed by atoms with E-state index in [1.807, 2.05) is 32.9 Å². The third-order valence-corrected chi connectivity index (χ3v) is 3.17. The third-order valence-electron chi connectivity index (χ3n) is 3.17. The number of nitrogens with zero attached hydrogens (tertiary/aromatic N) is 2. The minimum atomic E-state index is -0.224. The lowest BCUT2D eigenvalue weighted by Crippen LogP contribution is -2.40. The molecule has 0 saturated heterocycles. The number of aryl methyl sites for hydroxylation is 2. The standard InChI is InChI=1S/C17H23N3O2/c1-5-12-6-8-13(9-7-12)16-18-15(22-20-16)11-10-14(21)19-17(2,3)4/h6-9H,5,10-11H2,1-4H3,(H,19,21). The first-order valence-electron chi connectivity index (χ1n) is 7.60. The average molecular weight is 301 g/mol. The summed E-state index contributed by atoms with van der Waals surface area (Å²) in [4.78, 5) is 16.1. The molecule has 0 bridgehead atoms. The van der Waals surface area contributed by atoms with Crippen LogP contribution in [0.1, 0.15) is 45.6 Å². The largest absolute Gasteiger partial charge is 0.351 e. The SMILES string of the molecule is CCc1ccc(-c2noc(CCC(=O)NC(C)(C)C)n2)cc1. The molecule has 1 aromatic carbocycles. The van der Waals surface area contributed by atoms with E-state index >= 15 is 0 Å². The topological polar surface area (TPSA) is 68.0 Å². The lowest BCUT2D eigenvalue weighted by Gasteiger charge is -2.20. The Morgan fingerprint density at radius 1 is 1.23 bits per heavy atom. The van der Waals surface area contributed by atoms with E-state index < -0.39 is 0 Å². The summed E-state index contributed by atoms with van der Waals surface area (Å²) in [5.41, 5.74) is 1.97. The summed E-state index contributed by atoms with van der Waals surface area (Å²) < 4.78 is 5.22.